The fourth-order valence-corrected chi connectivity index (χ4v) is 3.86. The molecule has 0 aliphatic heterocycles. The van der Waals surface area contributed by atoms with Crippen LogP contribution >= 0.6 is 47.8 Å². The Hall–Kier alpha value is -1.42. The number of anilines is 1. The lowest BCUT2D eigenvalue weighted by atomic mass is 10.1. The summed E-state index contributed by atoms with van der Waals surface area (Å²) in [5.41, 5.74) is 8.79. The van der Waals surface area contributed by atoms with Crippen molar-refractivity contribution in [2.75, 3.05) is 5.32 Å². The maximum atomic E-state index is 6.17. The summed E-state index contributed by atoms with van der Waals surface area (Å²) in [7, 11) is 0. The summed E-state index contributed by atoms with van der Waals surface area (Å²) >= 11 is 7.82. The van der Waals surface area contributed by atoms with Crippen LogP contribution in [0, 0.1) is 19.3 Å². The van der Waals surface area contributed by atoms with Crippen molar-refractivity contribution in [2.24, 2.45) is 5.73 Å². The lowest BCUT2D eigenvalue weighted by Gasteiger charge is -2.06. The van der Waals surface area contributed by atoms with E-state index in [9.17, 15) is 0 Å². The van der Waals surface area contributed by atoms with Crippen LogP contribution in [0.4, 0.5) is 5.69 Å². The van der Waals surface area contributed by atoms with Crippen LogP contribution in [0.25, 0.3) is 10.2 Å². The third-order valence-corrected chi connectivity index (χ3v) is 5.12. The minimum Gasteiger partial charge on any atom is -0.467 e. The number of rotatable bonds is 5. The van der Waals surface area contributed by atoms with E-state index < -0.39 is 0 Å². The van der Waals surface area contributed by atoms with Crippen molar-refractivity contribution in [2.45, 2.75) is 25.9 Å². The Morgan fingerprint density at radius 1 is 1.48 bits per heavy atom. The smallest absolute Gasteiger partial charge is 0.131 e. The van der Waals surface area contributed by atoms with Crippen molar-refractivity contribution in [3.8, 4) is 12.3 Å². The van der Waals surface area contributed by atoms with Crippen LogP contribution in [0.2, 0.25) is 5.15 Å². The van der Waals surface area contributed by atoms with Gasteiger partial charge in [-0.1, -0.05) is 17.5 Å². The molecule has 0 aromatic carbocycles. The molecule has 0 aliphatic carbocycles. The summed E-state index contributed by atoms with van der Waals surface area (Å²) in [6.45, 7) is 2.61. The van der Waals surface area contributed by atoms with E-state index in [2.05, 4.69) is 16.2 Å². The number of thiophene rings is 1. The number of pyridine rings is 1. The third-order valence-electron chi connectivity index (χ3n) is 3.59. The Kier molecular flexibility index (Phi) is 8.07. The Morgan fingerprint density at radius 3 is 2.88 bits per heavy atom. The lowest BCUT2D eigenvalue weighted by Crippen LogP contribution is -2.19. The van der Waals surface area contributed by atoms with Gasteiger partial charge in [-0.05, 0) is 24.6 Å². The van der Waals surface area contributed by atoms with Crippen molar-refractivity contribution >= 4 is 63.7 Å². The van der Waals surface area contributed by atoms with E-state index in [4.69, 9.17) is 28.2 Å². The Morgan fingerprint density at radius 2 is 2.24 bits per heavy atom. The van der Waals surface area contributed by atoms with Crippen molar-refractivity contribution in [3.63, 3.8) is 0 Å². The normalized spacial score (nSPS) is 11.3. The summed E-state index contributed by atoms with van der Waals surface area (Å²) in [5.74, 6) is 3.42. The van der Waals surface area contributed by atoms with E-state index >= 15 is 0 Å². The molecule has 25 heavy (non-hydrogen) atoms. The zero-order chi connectivity index (χ0) is 16.4. The minimum atomic E-state index is -0.295. The molecule has 0 bridgehead atoms. The molecule has 0 aliphatic rings. The van der Waals surface area contributed by atoms with Gasteiger partial charge in [-0.2, -0.15) is 0 Å². The highest BCUT2D eigenvalue weighted by Crippen LogP contribution is 2.37. The predicted octanol–water partition coefficient (Wildman–Crippen LogP) is 4.81. The topological polar surface area (TPSA) is 64.1 Å². The van der Waals surface area contributed by atoms with Gasteiger partial charge < -0.3 is 15.5 Å². The lowest BCUT2D eigenvalue weighted by molar-refractivity contribution is 0.518. The predicted molar refractivity (Wildman–Crippen MR) is 110 cm³/mol. The number of aryl methyl sites for hydroxylation is 1. The van der Waals surface area contributed by atoms with Crippen LogP contribution in [0.5, 0.6) is 0 Å². The first-order chi connectivity index (χ1) is 11.1. The highest BCUT2D eigenvalue weighted by molar-refractivity contribution is 7.19. The van der Waals surface area contributed by atoms with Gasteiger partial charge in [-0.15, -0.1) is 42.6 Å². The number of halogens is 3. The van der Waals surface area contributed by atoms with E-state index in [0.717, 1.165) is 32.1 Å². The maximum Gasteiger partial charge on any atom is 0.131 e. The summed E-state index contributed by atoms with van der Waals surface area (Å²) in [6, 6.07) is 5.31. The molecule has 0 fully saturated rings. The molecule has 3 heterocycles. The number of fused-ring (bicyclic) bond motifs is 1. The summed E-state index contributed by atoms with van der Waals surface area (Å²) in [4.78, 5) is 5.59. The maximum absolute atomic E-state index is 6.17. The SMILES string of the molecule is C#C[C@H](N)Cc1sc2c(NCc3ccco3)cc(Cl)nc2c1C.Cl.Cl. The first kappa shape index (κ1) is 21.6. The van der Waals surface area contributed by atoms with Crippen LogP contribution in [-0.2, 0) is 13.0 Å². The van der Waals surface area contributed by atoms with E-state index in [1.165, 1.54) is 0 Å². The van der Waals surface area contributed by atoms with Crippen molar-refractivity contribution in [1.82, 2.24) is 4.98 Å². The average molecular weight is 419 g/mol. The molecule has 8 heteroatoms. The number of nitrogens with one attached hydrogen (secondary N) is 1. The van der Waals surface area contributed by atoms with Gasteiger partial charge in [-0.25, -0.2) is 4.98 Å². The van der Waals surface area contributed by atoms with Gasteiger partial charge in [-0.3, -0.25) is 0 Å². The molecule has 0 saturated carbocycles. The van der Waals surface area contributed by atoms with Gasteiger partial charge in [0.2, 0.25) is 0 Å². The highest BCUT2D eigenvalue weighted by atomic mass is 35.5. The van der Waals surface area contributed by atoms with Crippen LogP contribution in [0.1, 0.15) is 16.2 Å². The molecule has 3 rings (SSSR count). The molecule has 3 N–H and O–H groups in total. The van der Waals surface area contributed by atoms with E-state index in [1.807, 2.05) is 25.1 Å². The van der Waals surface area contributed by atoms with E-state index in [-0.39, 0.29) is 30.9 Å². The second kappa shape index (κ2) is 9.33. The number of aromatic nitrogens is 1. The monoisotopic (exact) mass is 417 g/mol. The molecule has 0 spiro atoms. The molecule has 4 nitrogen and oxygen atoms in total. The Bertz CT molecular complexity index is 872. The molecule has 0 radical (unpaired) electrons. The molecule has 3 aromatic rings. The fourth-order valence-electron chi connectivity index (χ4n) is 2.37. The first-order valence-electron chi connectivity index (χ1n) is 7.15. The third kappa shape index (κ3) is 4.81. The van der Waals surface area contributed by atoms with Gasteiger partial charge in [0.25, 0.3) is 0 Å². The Labute approximate surface area is 168 Å². The van der Waals surface area contributed by atoms with Crippen LogP contribution in [0.3, 0.4) is 0 Å². The summed E-state index contributed by atoms with van der Waals surface area (Å²) in [6.07, 6.45) is 7.68. The summed E-state index contributed by atoms with van der Waals surface area (Å²) in [5, 5.41) is 3.81. The first-order valence-corrected chi connectivity index (χ1v) is 8.34. The van der Waals surface area contributed by atoms with Crippen molar-refractivity contribution in [3.05, 3.63) is 45.8 Å². The number of hydrogen-bond donors (Lipinski definition) is 2. The minimum absolute atomic E-state index is 0. The van der Waals surface area contributed by atoms with Gasteiger partial charge in [0, 0.05) is 17.4 Å². The number of nitrogens with zero attached hydrogens (tertiary/aromatic N) is 1. The molecular formula is C17H18Cl3N3OS. The zero-order valence-corrected chi connectivity index (χ0v) is 16.6. The van der Waals surface area contributed by atoms with E-state index in [0.29, 0.717) is 18.1 Å². The van der Waals surface area contributed by atoms with E-state index in [1.54, 1.807) is 17.6 Å². The molecule has 0 saturated heterocycles. The quantitative estimate of drug-likeness (QED) is 0.461. The largest absolute Gasteiger partial charge is 0.467 e. The van der Waals surface area contributed by atoms with Gasteiger partial charge >= 0.3 is 0 Å². The molecular weight excluding hydrogens is 401 g/mol. The molecule has 0 amide bonds. The van der Waals surface area contributed by atoms with Gasteiger partial charge in [0.1, 0.15) is 10.9 Å². The molecule has 3 aromatic heterocycles. The standard InChI is InChI=1S/C17H16ClN3OS.2ClH/c1-3-11(19)7-14-10(2)16-17(23-14)13(8-15(18)21-16)20-9-12-5-4-6-22-12;;/h1,4-6,8,11H,7,9,19H2,2H3,(H,20,21);2*1H/t11-;;/m0../s1. The number of furan rings is 1. The van der Waals surface area contributed by atoms with Crippen LogP contribution in [-0.4, -0.2) is 11.0 Å². The molecule has 0 unspecified atom stereocenters. The van der Waals surface area contributed by atoms with Crippen molar-refractivity contribution < 1.29 is 4.42 Å². The Balaban J connectivity index is 0.00000156. The summed E-state index contributed by atoms with van der Waals surface area (Å²) < 4.78 is 6.40. The average Bonchev–Trinajstić information content (AvgIpc) is 3.15. The molecule has 1 atom stereocenters. The van der Waals surface area contributed by atoms with Gasteiger partial charge in [0.05, 0.1) is 34.8 Å². The second-order valence-electron chi connectivity index (χ2n) is 5.23. The number of hydrogen-bond acceptors (Lipinski definition) is 5. The van der Waals surface area contributed by atoms with Crippen LogP contribution < -0.4 is 11.1 Å². The van der Waals surface area contributed by atoms with Crippen LogP contribution in [0.15, 0.2) is 28.9 Å². The molecule has 134 valence electrons. The fraction of sp³-hybridized carbons (Fsp3) is 0.235. The van der Waals surface area contributed by atoms with Crippen molar-refractivity contribution in [1.29, 1.82) is 0 Å². The second-order valence-corrected chi connectivity index (χ2v) is 6.72. The number of terminal acetylenes is 1. The van der Waals surface area contributed by atoms with Gasteiger partial charge in [0.15, 0.2) is 0 Å². The number of nitrogens with two attached hydrogens (primary N) is 1. The zero-order valence-electron chi connectivity index (χ0n) is 13.4. The highest BCUT2D eigenvalue weighted by Gasteiger charge is 2.16.